The van der Waals surface area contributed by atoms with E-state index in [4.69, 9.17) is 4.74 Å². The third-order valence-corrected chi connectivity index (χ3v) is 4.15. The van der Waals surface area contributed by atoms with Crippen LogP contribution in [-0.4, -0.2) is 71.0 Å². The molecule has 136 valence electrons. The van der Waals surface area contributed by atoms with E-state index in [1.165, 1.54) is 17.2 Å². The van der Waals surface area contributed by atoms with Gasteiger partial charge in [0.05, 0.1) is 24.8 Å². The van der Waals surface area contributed by atoms with Crippen LogP contribution in [0.15, 0.2) is 36.1 Å². The quantitative estimate of drug-likeness (QED) is 0.293. The van der Waals surface area contributed by atoms with E-state index in [0.29, 0.717) is 17.0 Å². The first-order valence-corrected chi connectivity index (χ1v) is 7.91. The predicted molar refractivity (Wildman–Crippen MR) is 90.3 cm³/mol. The van der Waals surface area contributed by atoms with Gasteiger partial charge in [0.25, 0.3) is 0 Å². The maximum atomic E-state index is 10.2. The molecule has 1 fully saturated rings. The molecule has 1 aliphatic rings. The first-order chi connectivity index (χ1) is 12.7. The molecule has 0 saturated carbocycles. The zero-order valence-corrected chi connectivity index (χ0v) is 13.5. The smallest absolute Gasteiger partial charge is 0.177 e. The van der Waals surface area contributed by atoms with E-state index in [2.05, 4.69) is 30.5 Å². The van der Waals surface area contributed by atoms with Crippen molar-refractivity contribution in [2.24, 2.45) is 5.10 Å². The number of hydrazone groups is 1. The molecule has 4 heterocycles. The van der Waals surface area contributed by atoms with Crippen LogP contribution in [0.4, 0.5) is 5.82 Å². The number of nitrogens with zero attached hydrogens (tertiary/aromatic N) is 5. The van der Waals surface area contributed by atoms with Crippen LogP contribution in [0.3, 0.4) is 0 Å². The number of nitrogens with one attached hydrogen (secondary N) is 2. The van der Waals surface area contributed by atoms with Crippen molar-refractivity contribution in [3.05, 3.63) is 36.7 Å². The van der Waals surface area contributed by atoms with Gasteiger partial charge in [0.2, 0.25) is 0 Å². The fraction of sp³-hybridized carbons (Fsp3) is 0.333. The van der Waals surface area contributed by atoms with E-state index >= 15 is 0 Å². The molecule has 3 aromatic rings. The molecule has 0 bridgehead atoms. The SMILES string of the molecule is OC[C@H]1O[C@@H](n2cnc3c(N/N=C/c4ccc[nH]4)ncnc32)[C@@H](O)C1O. The fourth-order valence-electron chi connectivity index (χ4n) is 2.82. The third kappa shape index (κ3) is 2.82. The van der Waals surface area contributed by atoms with Crippen LogP contribution in [0.25, 0.3) is 11.2 Å². The summed E-state index contributed by atoms with van der Waals surface area (Å²) in [6.07, 6.45) is 1.92. The highest BCUT2D eigenvalue weighted by Gasteiger charge is 2.44. The first-order valence-electron chi connectivity index (χ1n) is 7.91. The average Bonchev–Trinajstić information content (AvgIpc) is 3.37. The lowest BCUT2D eigenvalue weighted by atomic mass is 10.1. The summed E-state index contributed by atoms with van der Waals surface area (Å²) in [7, 11) is 0. The lowest BCUT2D eigenvalue weighted by Gasteiger charge is -2.16. The van der Waals surface area contributed by atoms with Crippen LogP contribution in [0.2, 0.25) is 0 Å². The Hall–Kier alpha value is -2.86. The number of hydrogen-bond donors (Lipinski definition) is 5. The number of hydrogen-bond acceptors (Lipinski definition) is 9. The third-order valence-electron chi connectivity index (χ3n) is 4.15. The Morgan fingerprint density at radius 2 is 2.19 bits per heavy atom. The van der Waals surface area contributed by atoms with Crippen molar-refractivity contribution in [1.29, 1.82) is 0 Å². The lowest BCUT2D eigenvalue weighted by Crippen LogP contribution is -2.33. The summed E-state index contributed by atoms with van der Waals surface area (Å²) in [5, 5.41) is 33.4. The number of H-pyrrole nitrogens is 1. The van der Waals surface area contributed by atoms with Gasteiger partial charge < -0.3 is 25.0 Å². The Labute approximate surface area is 147 Å². The maximum absolute atomic E-state index is 10.2. The second kappa shape index (κ2) is 6.80. The number of aliphatic hydroxyl groups excluding tert-OH is 3. The van der Waals surface area contributed by atoms with Crippen LogP contribution in [0.5, 0.6) is 0 Å². The van der Waals surface area contributed by atoms with Crippen molar-refractivity contribution < 1.29 is 20.1 Å². The summed E-state index contributed by atoms with van der Waals surface area (Å²) in [5.41, 5.74) is 4.44. The van der Waals surface area contributed by atoms with E-state index in [1.54, 1.807) is 12.4 Å². The molecule has 11 nitrogen and oxygen atoms in total. The molecule has 4 atom stereocenters. The highest BCUT2D eigenvalue weighted by Crippen LogP contribution is 2.31. The van der Waals surface area contributed by atoms with Crippen LogP contribution >= 0.6 is 0 Å². The molecular weight excluding hydrogens is 342 g/mol. The van der Waals surface area contributed by atoms with E-state index in [-0.39, 0.29) is 0 Å². The molecule has 3 aromatic heterocycles. The van der Waals surface area contributed by atoms with Gasteiger partial charge in [-0.15, -0.1) is 0 Å². The van der Waals surface area contributed by atoms with Gasteiger partial charge in [0, 0.05) is 6.20 Å². The Morgan fingerprint density at radius 3 is 2.92 bits per heavy atom. The topological polar surface area (TPSA) is 154 Å². The maximum Gasteiger partial charge on any atom is 0.177 e. The summed E-state index contributed by atoms with van der Waals surface area (Å²) in [4.78, 5) is 15.5. The van der Waals surface area contributed by atoms with Crippen LogP contribution < -0.4 is 5.43 Å². The fourth-order valence-corrected chi connectivity index (χ4v) is 2.82. The average molecular weight is 359 g/mol. The van der Waals surface area contributed by atoms with Gasteiger partial charge in [0.1, 0.15) is 24.6 Å². The van der Waals surface area contributed by atoms with Crippen molar-refractivity contribution in [3.63, 3.8) is 0 Å². The Bertz CT molecular complexity index is 910. The molecule has 1 saturated heterocycles. The molecule has 11 heteroatoms. The number of imidazole rings is 1. The molecule has 4 rings (SSSR count). The van der Waals surface area contributed by atoms with Crippen molar-refractivity contribution >= 4 is 23.2 Å². The first kappa shape index (κ1) is 16.6. The monoisotopic (exact) mass is 359 g/mol. The molecule has 1 aliphatic heterocycles. The number of fused-ring (bicyclic) bond motifs is 1. The van der Waals surface area contributed by atoms with Crippen molar-refractivity contribution in [2.75, 3.05) is 12.0 Å². The second-order valence-corrected chi connectivity index (χ2v) is 5.77. The largest absolute Gasteiger partial charge is 0.394 e. The minimum atomic E-state index is -1.22. The molecular formula is C15H17N7O4. The van der Waals surface area contributed by atoms with Crippen molar-refractivity contribution in [2.45, 2.75) is 24.5 Å². The highest BCUT2D eigenvalue weighted by atomic mass is 16.6. The van der Waals surface area contributed by atoms with Crippen LogP contribution in [0, 0.1) is 0 Å². The number of anilines is 1. The molecule has 5 N–H and O–H groups in total. The van der Waals surface area contributed by atoms with E-state index in [0.717, 1.165) is 5.69 Å². The molecule has 0 amide bonds. The molecule has 0 aliphatic carbocycles. The predicted octanol–water partition coefficient (Wildman–Crippen LogP) is -0.788. The van der Waals surface area contributed by atoms with Crippen molar-refractivity contribution in [1.82, 2.24) is 24.5 Å². The Morgan fingerprint density at radius 1 is 1.31 bits per heavy atom. The normalized spacial score (nSPS) is 26.1. The van der Waals surface area contributed by atoms with Gasteiger partial charge in [-0.3, -0.25) is 9.99 Å². The number of aliphatic hydroxyl groups is 3. The van der Waals surface area contributed by atoms with E-state index in [9.17, 15) is 15.3 Å². The summed E-state index contributed by atoms with van der Waals surface area (Å²) in [5.74, 6) is 0.378. The van der Waals surface area contributed by atoms with Gasteiger partial charge in [-0.1, -0.05) is 0 Å². The lowest BCUT2D eigenvalue weighted by molar-refractivity contribution is -0.0511. The molecule has 26 heavy (non-hydrogen) atoms. The van der Waals surface area contributed by atoms with Crippen molar-refractivity contribution in [3.8, 4) is 0 Å². The van der Waals surface area contributed by atoms with Gasteiger partial charge in [0.15, 0.2) is 23.2 Å². The van der Waals surface area contributed by atoms with Crippen LogP contribution in [-0.2, 0) is 4.74 Å². The number of aromatic amines is 1. The van der Waals surface area contributed by atoms with Gasteiger partial charge in [-0.25, -0.2) is 15.0 Å². The molecule has 0 radical (unpaired) electrons. The summed E-state index contributed by atoms with van der Waals surface area (Å²) >= 11 is 0. The minimum Gasteiger partial charge on any atom is -0.394 e. The highest BCUT2D eigenvalue weighted by molar-refractivity contribution is 5.84. The standard InChI is InChI=1S/C15H17N7O4/c23-5-9-11(24)12(25)15(26-9)22-7-19-10-13(17-6-18-14(10)22)21-20-4-8-2-1-3-16-8/h1-4,6-7,9,11-12,15-16,23-25H,5H2,(H,17,18,21)/b20-4+/t9-,11?,12+,15-/m1/s1. The minimum absolute atomic E-state index is 0.378. The number of aromatic nitrogens is 5. The Kier molecular flexibility index (Phi) is 4.34. The summed E-state index contributed by atoms with van der Waals surface area (Å²) in [6, 6.07) is 3.71. The zero-order chi connectivity index (χ0) is 18.1. The van der Waals surface area contributed by atoms with E-state index in [1.807, 2.05) is 12.1 Å². The zero-order valence-electron chi connectivity index (χ0n) is 13.5. The molecule has 0 aromatic carbocycles. The molecule has 1 unspecified atom stereocenters. The summed E-state index contributed by atoms with van der Waals surface area (Å²) in [6.45, 7) is -0.406. The number of rotatable bonds is 5. The van der Waals surface area contributed by atoms with Gasteiger partial charge >= 0.3 is 0 Å². The van der Waals surface area contributed by atoms with E-state index < -0.39 is 31.1 Å². The number of ether oxygens (including phenoxy) is 1. The second-order valence-electron chi connectivity index (χ2n) is 5.77. The van der Waals surface area contributed by atoms with Gasteiger partial charge in [-0.05, 0) is 12.1 Å². The Balaban J connectivity index is 1.61. The van der Waals surface area contributed by atoms with Gasteiger partial charge in [-0.2, -0.15) is 5.10 Å². The van der Waals surface area contributed by atoms with Crippen LogP contribution in [0.1, 0.15) is 11.9 Å². The summed E-state index contributed by atoms with van der Waals surface area (Å²) < 4.78 is 7.00. The molecule has 0 spiro atoms.